The lowest BCUT2D eigenvalue weighted by Crippen LogP contribution is -2.39. The largest absolute Gasteiger partial charge is 0.332 e. The van der Waals surface area contributed by atoms with Crippen LogP contribution in [0.1, 0.15) is 32.5 Å². The number of nitrogens with zero attached hydrogens (tertiary/aromatic N) is 2. The summed E-state index contributed by atoms with van der Waals surface area (Å²) in [4.78, 5) is 7.00. The van der Waals surface area contributed by atoms with Crippen LogP contribution in [0.3, 0.4) is 0 Å². The molecule has 0 atom stereocenters. The lowest BCUT2D eigenvalue weighted by Gasteiger charge is -2.28. The van der Waals surface area contributed by atoms with E-state index in [-0.39, 0.29) is 5.03 Å². The summed E-state index contributed by atoms with van der Waals surface area (Å²) in [6.07, 6.45) is 4.21. The first-order chi connectivity index (χ1) is 9.57. The van der Waals surface area contributed by atoms with Gasteiger partial charge < -0.3 is 10.3 Å². The molecule has 114 valence electrons. The van der Waals surface area contributed by atoms with Crippen molar-refractivity contribution in [3.63, 3.8) is 0 Å². The van der Waals surface area contributed by atoms with Gasteiger partial charge in [-0.15, -0.1) is 0 Å². The maximum absolute atomic E-state index is 12.6. The van der Waals surface area contributed by atoms with Crippen LogP contribution in [0.4, 0.5) is 0 Å². The monoisotopic (exact) mass is 300 g/mol. The molecule has 1 aromatic heterocycles. The Morgan fingerprint density at radius 3 is 2.60 bits per heavy atom. The minimum atomic E-state index is -3.44. The van der Waals surface area contributed by atoms with E-state index < -0.39 is 10.0 Å². The Labute approximate surface area is 121 Å². The first-order valence-corrected chi connectivity index (χ1v) is 8.76. The molecule has 1 aliphatic heterocycles. The fourth-order valence-electron chi connectivity index (χ4n) is 2.54. The molecule has 0 saturated carbocycles. The first kappa shape index (κ1) is 15.5. The van der Waals surface area contributed by atoms with Gasteiger partial charge in [0.15, 0.2) is 5.03 Å². The highest BCUT2D eigenvalue weighted by Crippen LogP contribution is 2.19. The molecule has 1 aromatic rings. The van der Waals surface area contributed by atoms with Gasteiger partial charge >= 0.3 is 0 Å². The Bertz CT molecular complexity index is 520. The van der Waals surface area contributed by atoms with Crippen LogP contribution in [0.5, 0.6) is 0 Å². The minimum Gasteiger partial charge on any atom is -0.332 e. The van der Waals surface area contributed by atoms with Crippen LogP contribution in [-0.4, -0.2) is 48.9 Å². The Balaban J connectivity index is 2.11. The zero-order valence-electron chi connectivity index (χ0n) is 12.2. The molecule has 0 radical (unpaired) electrons. The van der Waals surface area contributed by atoms with E-state index in [9.17, 15) is 8.42 Å². The molecule has 2 N–H and O–H groups in total. The summed E-state index contributed by atoms with van der Waals surface area (Å²) in [6.45, 7) is 6.88. The molecular formula is C13H24N4O2S. The van der Waals surface area contributed by atoms with Crippen molar-refractivity contribution in [3.05, 3.63) is 12.0 Å². The van der Waals surface area contributed by atoms with Crippen LogP contribution in [0.25, 0.3) is 0 Å². The van der Waals surface area contributed by atoms with Crippen molar-refractivity contribution < 1.29 is 8.42 Å². The fourth-order valence-corrected chi connectivity index (χ4v) is 4.00. The van der Waals surface area contributed by atoms with Crippen LogP contribution >= 0.6 is 0 Å². The summed E-state index contributed by atoms with van der Waals surface area (Å²) < 4.78 is 26.8. The van der Waals surface area contributed by atoms with E-state index in [2.05, 4.69) is 15.3 Å². The van der Waals surface area contributed by atoms with E-state index in [1.54, 1.807) is 4.31 Å². The second-order valence-corrected chi connectivity index (χ2v) is 7.10. The molecule has 2 rings (SSSR count). The van der Waals surface area contributed by atoms with Gasteiger partial charge in [-0.3, -0.25) is 0 Å². The number of imidazole rings is 1. The maximum Gasteiger partial charge on any atom is 0.260 e. The second-order valence-electron chi connectivity index (χ2n) is 5.20. The van der Waals surface area contributed by atoms with E-state index in [0.29, 0.717) is 31.3 Å². The van der Waals surface area contributed by atoms with E-state index in [1.807, 2.05) is 13.8 Å². The summed E-state index contributed by atoms with van der Waals surface area (Å²) in [5.41, 5.74) is 0. The standard InChI is InChI=1S/C13H24N4O2S/c1-3-12-15-9-13(16-12)20(18,19)17(4-2)10-11-5-7-14-8-6-11/h9,11,14H,3-8,10H2,1-2H3,(H,15,16). The Morgan fingerprint density at radius 2 is 2.05 bits per heavy atom. The molecule has 0 unspecified atom stereocenters. The van der Waals surface area contributed by atoms with E-state index in [1.165, 1.54) is 6.20 Å². The molecule has 0 aliphatic carbocycles. The maximum atomic E-state index is 12.6. The summed E-state index contributed by atoms with van der Waals surface area (Å²) in [5.74, 6) is 1.15. The molecule has 2 heterocycles. The number of aromatic amines is 1. The molecule has 0 aromatic carbocycles. The van der Waals surface area contributed by atoms with Crippen molar-refractivity contribution in [2.45, 2.75) is 38.1 Å². The predicted molar refractivity (Wildman–Crippen MR) is 78.0 cm³/mol. The zero-order valence-corrected chi connectivity index (χ0v) is 13.0. The van der Waals surface area contributed by atoms with Crippen LogP contribution in [0.15, 0.2) is 11.2 Å². The quantitative estimate of drug-likeness (QED) is 0.821. The molecular weight excluding hydrogens is 276 g/mol. The molecule has 6 nitrogen and oxygen atoms in total. The SMILES string of the molecule is CCc1ncc(S(=O)(=O)N(CC)CC2CCNCC2)[nH]1. The summed E-state index contributed by atoms with van der Waals surface area (Å²) in [5, 5.41) is 3.52. The molecule has 0 amide bonds. The van der Waals surface area contributed by atoms with Gasteiger partial charge in [-0.1, -0.05) is 13.8 Å². The Morgan fingerprint density at radius 1 is 1.35 bits per heavy atom. The molecule has 0 bridgehead atoms. The number of hydrogen-bond acceptors (Lipinski definition) is 4. The van der Waals surface area contributed by atoms with Gasteiger partial charge in [-0.2, -0.15) is 4.31 Å². The molecule has 20 heavy (non-hydrogen) atoms. The third-order valence-electron chi connectivity index (χ3n) is 3.83. The van der Waals surface area contributed by atoms with Crippen molar-refractivity contribution in [1.29, 1.82) is 0 Å². The van der Waals surface area contributed by atoms with Crippen LogP contribution in [0, 0.1) is 5.92 Å². The number of aryl methyl sites for hydroxylation is 1. The number of H-pyrrole nitrogens is 1. The third kappa shape index (κ3) is 3.39. The van der Waals surface area contributed by atoms with Gasteiger partial charge in [0.25, 0.3) is 10.0 Å². The van der Waals surface area contributed by atoms with Crippen LogP contribution in [0.2, 0.25) is 0 Å². The highest BCUT2D eigenvalue weighted by Gasteiger charge is 2.28. The van der Waals surface area contributed by atoms with Gasteiger partial charge in [-0.05, 0) is 31.8 Å². The normalized spacial score (nSPS) is 17.8. The highest BCUT2D eigenvalue weighted by molar-refractivity contribution is 7.89. The number of piperidine rings is 1. The average molecular weight is 300 g/mol. The van der Waals surface area contributed by atoms with Crippen molar-refractivity contribution >= 4 is 10.0 Å². The Kier molecular flexibility index (Phi) is 5.17. The lowest BCUT2D eigenvalue weighted by molar-refractivity contribution is 0.294. The summed E-state index contributed by atoms with van der Waals surface area (Å²) in [7, 11) is -3.44. The van der Waals surface area contributed by atoms with Crippen molar-refractivity contribution in [1.82, 2.24) is 19.6 Å². The van der Waals surface area contributed by atoms with Gasteiger partial charge in [0.05, 0.1) is 6.20 Å². The van der Waals surface area contributed by atoms with E-state index in [0.717, 1.165) is 25.9 Å². The lowest BCUT2D eigenvalue weighted by atomic mass is 9.98. The van der Waals surface area contributed by atoms with Gasteiger partial charge in [-0.25, -0.2) is 13.4 Å². The minimum absolute atomic E-state index is 0.213. The molecule has 1 fully saturated rings. The number of nitrogens with one attached hydrogen (secondary N) is 2. The van der Waals surface area contributed by atoms with Gasteiger partial charge in [0.1, 0.15) is 5.82 Å². The topological polar surface area (TPSA) is 78.1 Å². The van der Waals surface area contributed by atoms with Crippen molar-refractivity contribution in [3.8, 4) is 0 Å². The smallest absolute Gasteiger partial charge is 0.260 e. The van der Waals surface area contributed by atoms with Gasteiger partial charge in [0, 0.05) is 19.5 Å². The molecule has 1 aliphatic rings. The van der Waals surface area contributed by atoms with Crippen LogP contribution < -0.4 is 5.32 Å². The summed E-state index contributed by atoms with van der Waals surface area (Å²) in [6, 6.07) is 0. The average Bonchev–Trinajstić information content (AvgIpc) is 2.95. The van der Waals surface area contributed by atoms with Crippen molar-refractivity contribution in [2.75, 3.05) is 26.2 Å². The summed E-state index contributed by atoms with van der Waals surface area (Å²) >= 11 is 0. The van der Waals surface area contributed by atoms with Crippen molar-refractivity contribution in [2.24, 2.45) is 5.92 Å². The zero-order chi connectivity index (χ0) is 14.6. The number of aromatic nitrogens is 2. The molecule has 7 heteroatoms. The number of hydrogen-bond donors (Lipinski definition) is 2. The van der Waals surface area contributed by atoms with E-state index in [4.69, 9.17) is 0 Å². The molecule has 1 saturated heterocycles. The van der Waals surface area contributed by atoms with E-state index >= 15 is 0 Å². The number of sulfonamides is 1. The molecule has 0 spiro atoms. The van der Waals surface area contributed by atoms with Gasteiger partial charge in [0.2, 0.25) is 0 Å². The van der Waals surface area contributed by atoms with Crippen LogP contribution in [-0.2, 0) is 16.4 Å². The fraction of sp³-hybridized carbons (Fsp3) is 0.769. The highest BCUT2D eigenvalue weighted by atomic mass is 32.2. The number of rotatable bonds is 6. The Hall–Kier alpha value is -0.920. The third-order valence-corrected chi connectivity index (χ3v) is 5.68. The second kappa shape index (κ2) is 6.69. The predicted octanol–water partition coefficient (Wildman–Crippen LogP) is 0.982. The first-order valence-electron chi connectivity index (χ1n) is 7.32.